The second-order valence-electron chi connectivity index (χ2n) is 11.5. The van der Waals surface area contributed by atoms with Crippen molar-refractivity contribution in [1.29, 1.82) is 0 Å². The monoisotopic (exact) mass is 621 g/mol. The molecule has 0 bridgehead atoms. The summed E-state index contributed by atoms with van der Waals surface area (Å²) in [6.07, 6.45) is 0. The van der Waals surface area contributed by atoms with Gasteiger partial charge >= 0.3 is 0 Å². The van der Waals surface area contributed by atoms with E-state index in [-0.39, 0.29) is 46.7 Å². The van der Waals surface area contributed by atoms with Crippen molar-refractivity contribution in [3.05, 3.63) is 188 Å². The number of anilines is 3. The molecule has 0 aliphatic heterocycles. The van der Waals surface area contributed by atoms with Crippen LogP contribution in [0.2, 0.25) is 0 Å². The molecule has 0 unspecified atom stereocenters. The van der Waals surface area contributed by atoms with E-state index in [1.807, 2.05) is 66.7 Å². The molecule has 0 atom stereocenters. The van der Waals surface area contributed by atoms with Gasteiger partial charge in [0.15, 0.2) is 0 Å². The van der Waals surface area contributed by atoms with Crippen LogP contribution in [0.3, 0.4) is 0 Å². The number of para-hydroxylation sites is 2. The standard InChI is InChI=1S/C46H31NO/c1-3-11-32(12-4-1)34-19-25-38(26-20-34)47(39-27-21-35(22-28-39)33-13-5-2-6-14-33)44-17-9-7-15-40(44)36-23-29-41-37(31-36)24-30-43-42-16-8-10-18-45(42)48-46(41)43/h1-31H/i19D,20D,21D,22D,25D,26D,27D,28D. The summed E-state index contributed by atoms with van der Waals surface area (Å²) in [7, 11) is 0. The first kappa shape index (κ1) is 20.7. The molecule has 0 N–H and O–H groups in total. The first-order valence-electron chi connectivity index (χ1n) is 19.7. The Morgan fingerprint density at radius 3 is 1.65 bits per heavy atom. The van der Waals surface area contributed by atoms with Crippen molar-refractivity contribution in [2.24, 2.45) is 0 Å². The minimum atomic E-state index is -0.394. The van der Waals surface area contributed by atoms with Crippen molar-refractivity contribution in [2.75, 3.05) is 4.90 Å². The van der Waals surface area contributed by atoms with Crippen LogP contribution in [0.5, 0.6) is 0 Å². The number of hydrogen-bond donors (Lipinski definition) is 0. The average Bonchev–Trinajstić information content (AvgIpc) is 3.62. The van der Waals surface area contributed by atoms with Crippen molar-refractivity contribution >= 4 is 49.8 Å². The molecule has 1 aromatic heterocycles. The molecule has 48 heavy (non-hydrogen) atoms. The van der Waals surface area contributed by atoms with E-state index in [1.54, 1.807) is 72.8 Å². The van der Waals surface area contributed by atoms with Crippen molar-refractivity contribution in [1.82, 2.24) is 0 Å². The van der Waals surface area contributed by atoms with Crippen molar-refractivity contribution < 1.29 is 15.4 Å². The Labute approximate surface area is 291 Å². The van der Waals surface area contributed by atoms with Gasteiger partial charge in [-0.15, -0.1) is 0 Å². The smallest absolute Gasteiger partial charge is 0.143 e. The maximum absolute atomic E-state index is 9.42. The summed E-state index contributed by atoms with van der Waals surface area (Å²) >= 11 is 0. The third-order valence-electron chi connectivity index (χ3n) is 8.61. The van der Waals surface area contributed by atoms with E-state index in [4.69, 9.17) is 4.42 Å². The van der Waals surface area contributed by atoms with Crippen LogP contribution in [0.15, 0.2) is 192 Å². The number of furan rings is 1. The third-order valence-corrected chi connectivity index (χ3v) is 8.61. The molecule has 0 amide bonds. The second-order valence-corrected chi connectivity index (χ2v) is 11.5. The topological polar surface area (TPSA) is 16.4 Å². The molecule has 0 radical (unpaired) electrons. The van der Waals surface area contributed by atoms with E-state index in [0.717, 1.165) is 38.3 Å². The summed E-state index contributed by atoms with van der Waals surface area (Å²) in [5, 5.41) is 3.81. The molecule has 9 rings (SSSR count). The summed E-state index contributed by atoms with van der Waals surface area (Å²) in [6, 6.07) is 39.8. The third kappa shape index (κ3) is 4.92. The Balaban J connectivity index is 1.32. The van der Waals surface area contributed by atoms with Gasteiger partial charge in [-0.05, 0) is 87.7 Å². The maximum atomic E-state index is 9.42. The Hall–Kier alpha value is -6.38. The molecule has 0 saturated heterocycles. The van der Waals surface area contributed by atoms with E-state index in [2.05, 4.69) is 0 Å². The molecular weight excluding hydrogens is 583 g/mol. The number of fused-ring (bicyclic) bond motifs is 5. The number of nitrogens with zero attached hydrogens (tertiary/aromatic N) is 1. The largest absolute Gasteiger partial charge is 0.455 e. The van der Waals surface area contributed by atoms with Gasteiger partial charge < -0.3 is 9.32 Å². The van der Waals surface area contributed by atoms with Gasteiger partial charge in [0.05, 0.1) is 16.7 Å². The number of benzene rings is 8. The highest BCUT2D eigenvalue weighted by Gasteiger charge is 2.18. The molecule has 8 aromatic carbocycles. The van der Waals surface area contributed by atoms with Gasteiger partial charge in [0.25, 0.3) is 0 Å². The van der Waals surface area contributed by atoms with E-state index >= 15 is 0 Å². The lowest BCUT2D eigenvalue weighted by Crippen LogP contribution is -2.11. The molecule has 0 fully saturated rings. The summed E-state index contributed by atoms with van der Waals surface area (Å²) < 4.78 is 80.8. The van der Waals surface area contributed by atoms with Crippen molar-refractivity contribution in [3.63, 3.8) is 0 Å². The molecule has 0 aliphatic rings. The van der Waals surface area contributed by atoms with Gasteiger partial charge in [-0.25, -0.2) is 0 Å². The highest BCUT2D eigenvalue weighted by atomic mass is 16.3. The molecule has 226 valence electrons. The van der Waals surface area contributed by atoms with Crippen LogP contribution >= 0.6 is 0 Å². The van der Waals surface area contributed by atoms with Crippen LogP contribution in [0.4, 0.5) is 17.1 Å². The Bertz CT molecular complexity index is 2850. The van der Waals surface area contributed by atoms with Crippen molar-refractivity contribution in [2.45, 2.75) is 0 Å². The SMILES string of the molecule is [2H]c1c([2H])c(N(c2ccccc2-c2ccc3c(ccc4c5ccccc5oc34)c2)c2c([2H])c([2H])c(-c3ccccc3)c([2H])c2[2H])c([2H])c([2H])c1-c1ccccc1. The summed E-state index contributed by atoms with van der Waals surface area (Å²) in [4.78, 5) is 1.37. The highest BCUT2D eigenvalue weighted by Crippen LogP contribution is 2.43. The fraction of sp³-hybridized carbons (Fsp3) is 0. The molecule has 0 spiro atoms. The maximum Gasteiger partial charge on any atom is 0.143 e. The van der Waals surface area contributed by atoms with E-state index < -0.39 is 24.2 Å². The van der Waals surface area contributed by atoms with Gasteiger partial charge in [0.1, 0.15) is 11.2 Å². The van der Waals surface area contributed by atoms with Gasteiger partial charge in [-0.2, -0.15) is 0 Å². The summed E-state index contributed by atoms with van der Waals surface area (Å²) in [5.74, 6) is 0. The van der Waals surface area contributed by atoms with Crippen LogP contribution in [-0.4, -0.2) is 0 Å². The van der Waals surface area contributed by atoms with Crippen LogP contribution in [0, 0.1) is 0 Å². The van der Waals surface area contributed by atoms with Crippen LogP contribution in [0.25, 0.3) is 66.1 Å². The van der Waals surface area contributed by atoms with Gasteiger partial charge in [0, 0.05) is 33.1 Å². The minimum Gasteiger partial charge on any atom is -0.455 e. The molecule has 9 aromatic rings. The van der Waals surface area contributed by atoms with Gasteiger partial charge in [-0.3, -0.25) is 0 Å². The lowest BCUT2D eigenvalue weighted by Gasteiger charge is -2.28. The minimum absolute atomic E-state index is 0.114. The molecule has 0 saturated carbocycles. The van der Waals surface area contributed by atoms with Gasteiger partial charge in [-0.1, -0.05) is 133 Å². The predicted octanol–water partition coefficient (Wildman–Crippen LogP) is 13.2. The molecule has 1 heterocycles. The number of hydrogen-bond acceptors (Lipinski definition) is 2. The van der Waals surface area contributed by atoms with E-state index in [9.17, 15) is 11.0 Å². The normalized spacial score (nSPS) is 13.7. The summed E-state index contributed by atoms with van der Waals surface area (Å²) in [6.45, 7) is 0. The van der Waals surface area contributed by atoms with Crippen molar-refractivity contribution in [3.8, 4) is 33.4 Å². The van der Waals surface area contributed by atoms with Gasteiger partial charge in [0.2, 0.25) is 0 Å². The molecule has 2 nitrogen and oxygen atoms in total. The zero-order valence-electron chi connectivity index (χ0n) is 33.6. The predicted molar refractivity (Wildman–Crippen MR) is 202 cm³/mol. The fourth-order valence-electron chi connectivity index (χ4n) is 6.28. The first-order chi connectivity index (χ1) is 27.2. The first-order valence-corrected chi connectivity index (χ1v) is 15.7. The van der Waals surface area contributed by atoms with Crippen LogP contribution < -0.4 is 4.90 Å². The lowest BCUT2D eigenvalue weighted by atomic mass is 9.97. The zero-order chi connectivity index (χ0) is 38.8. The number of rotatable bonds is 6. The molecule has 2 heteroatoms. The lowest BCUT2D eigenvalue weighted by molar-refractivity contribution is 0.672. The quantitative estimate of drug-likeness (QED) is 0.184. The molecular formula is C46H31NO. The van der Waals surface area contributed by atoms with E-state index in [0.29, 0.717) is 22.4 Å². The average molecular weight is 622 g/mol. The second kappa shape index (κ2) is 11.8. The fourth-order valence-corrected chi connectivity index (χ4v) is 6.28. The summed E-state index contributed by atoms with van der Waals surface area (Å²) in [5.41, 5.74) is 4.07. The highest BCUT2D eigenvalue weighted by molar-refractivity contribution is 6.15. The molecule has 0 aliphatic carbocycles. The van der Waals surface area contributed by atoms with Crippen LogP contribution in [0.1, 0.15) is 11.0 Å². The Kier molecular flexibility index (Phi) is 5.07. The Morgan fingerprint density at radius 1 is 0.417 bits per heavy atom. The Morgan fingerprint density at radius 2 is 0.979 bits per heavy atom. The van der Waals surface area contributed by atoms with Crippen LogP contribution in [-0.2, 0) is 0 Å². The zero-order valence-corrected chi connectivity index (χ0v) is 25.6. The van der Waals surface area contributed by atoms with E-state index in [1.165, 1.54) is 4.90 Å².